The summed E-state index contributed by atoms with van der Waals surface area (Å²) in [6.07, 6.45) is 0. The van der Waals surface area contributed by atoms with Gasteiger partial charge in [0.2, 0.25) is 15.9 Å². The van der Waals surface area contributed by atoms with E-state index >= 15 is 0 Å². The largest absolute Gasteiger partial charge is 0.361 e. The molecule has 0 radical (unpaired) electrons. The number of nitrogens with one attached hydrogen (secondary N) is 2. The van der Waals surface area contributed by atoms with Gasteiger partial charge in [-0.25, -0.2) is 13.1 Å². The molecule has 148 valence electrons. The third kappa shape index (κ3) is 5.64. The van der Waals surface area contributed by atoms with Crippen LogP contribution in [-0.4, -0.2) is 25.5 Å². The lowest BCUT2D eigenvalue weighted by molar-refractivity contribution is -0.122. The number of hydrogen-bond donors (Lipinski definition) is 2. The van der Waals surface area contributed by atoms with Crippen molar-refractivity contribution in [1.82, 2.24) is 15.2 Å². The average molecular weight is 394 g/mol. The molecule has 2 rings (SSSR count). The fourth-order valence-electron chi connectivity index (χ4n) is 3.05. The molecule has 0 saturated heterocycles. The predicted molar refractivity (Wildman–Crippen MR) is 104 cm³/mol. The van der Waals surface area contributed by atoms with Crippen molar-refractivity contribution in [3.63, 3.8) is 0 Å². The molecule has 1 aromatic carbocycles. The molecule has 0 aliphatic heterocycles. The summed E-state index contributed by atoms with van der Waals surface area (Å²) in [6.45, 7) is 9.18. The van der Waals surface area contributed by atoms with Crippen molar-refractivity contribution < 1.29 is 17.7 Å². The highest BCUT2D eigenvalue weighted by Gasteiger charge is 2.23. The minimum absolute atomic E-state index is 0.128. The van der Waals surface area contributed by atoms with E-state index < -0.39 is 15.9 Å². The van der Waals surface area contributed by atoms with Crippen molar-refractivity contribution in [3.8, 4) is 0 Å². The summed E-state index contributed by atoms with van der Waals surface area (Å²) < 4.78 is 32.2. The van der Waals surface area contributed by atoms with E-state index in [9.17, 15) is 13.2 Å². The smallest absolute Gasteiger partial charge is 0.227 e. The molecule has 0 saturated carbocycles. The Bertz CT molecular complexity index is 884. The van der Waals surface area contributed by atoms with Gasteiger partial charge in [-0.15, -0.1) is 0 Å². The second-order valence-electron chi connectivity index (χ2n) is 6.98. The zero-order valence-corrected chi connectivity index (χ0v) is 17.2. The molecule has 0 spiro atoms. The van der Waals surface area contributed by atoms with Gasteiger partial charge in [-0.05, 0) is 45.7 Å². The van der Waals surface area contributed by atoms with Gasteiger partial charge in [0.1, 0.15) is 5.76 Å². The van der Waals surface area contributed by atoms with Crippen molar-refractivity contribution in [2.75, 3.05) is 0 Å². The number of benzene rings is 1. The van der Waals surface area contributed by atoms with Gasteiger partial charge < -0.3 is 9.84 Å². The highest BCUT2D eigenvalue weighted by atomic mass is 32.2. The van der Waals surface area contributed by atoms with E-state index in [1.165, 1.54) is 0 Å². The molecular formula is C19H27N3O4S. The van der Waals surface area contributed by atoms with Crippen LogP contribution in [0.15, 0.2) is 28.8 Å². The summed E-state index contributed by atoms with van der Waals surface area (Å²) in [6, 6.07) is 7.03. The number of rotatable bonds is 8. The number of carbonyl (C=O) groups excluding carboxylic acids is 1. The molecule has 27 heavy (non-hydrogen) atoms. The maximum atomic E-state index is 12.6. The van der Waals surface area contributed by atoms with Crippen LogP contribution in [0, 0.1) is 13.8 Å². The molecular weight excluding hydrogens is 366 g/mol. The standard InChI is InChI=1S/C19H27N3O4S/c1-12(2)22-27(24,25)11-17-9-7-6-8-16(17)10-20-19(23)13(3)18-14(4)21-26-15(18)5/h6-9,12-13,22H,10-11H2,1-5H3,(H,20,23). The molecule has 1 atom stereocenters. The first-order valence-corrected chi connectivity index (χ1v) is 10.5. The van der Waals surface area contributed by atoms with Crippen LogP contribution < -0.4 is 10.0 Å². The van der Waals surface area contributed by atoms with E-state index in [1.54, 1.807) is 46.8 Å². The first-order valence-electron chi connectivity index (χ1n) is 8.88. The molecule has 0 aliphatic rings. The number of aromatic nitrogens is 1. The van der Waals surface area contributed by atoms with Gasteiger partial charge in [0.15, 0.2) is 0 Å². The Labute approximate surface area is 160 Å². The van der Waals surface area contributed by atoms with Crippen LogP contribution in [0.5, 0.6) is 0 Å². The van der Waals surface area contributed by atoms with Gasteiger partial charge in [-0.3, -0.25) is 4.79 Å². The second-order valence-corrected chi connectivity index (χ2v) is 8.73. The predicted octanol–water partition coefficient (Wildman–Crippen LogP) is 2.54. The molecule has 8 heteroatoms. The molecule has 1 unspecified atom stereocenters. The molecule has 0 bridgehead atoms. The molecule has 1 heterocycles. The fourth-order valence-corrected chi connectivity index (χ4v) is 4.54. The maximum absolute atomic E-state index is 12.6. The minimum Gasteiger partial charge on any atom is -0.361 e. The average Bonchev–Trinajstić information content (AvgIpc) is 2.90. The first-order chi connectivity index (χ1) is 12.6. The highest BCUT2D eigenvalue weighted by molar-refractivity contribution is 7.88. The summed E-state index contributed by atoms with van der Waals surface area (Å²) in [7, 11) is -3.44. The third-order valence-corrected chi connectivity index (χ3v) is 5.77. The normalized spacial score (nSPS) is 13.0. The van der Waals surface area contributed by atoms with E-state index in [-0.39, 0.29) is 24.2 Å². The number of sulfonamides is 1. The van der Waals surface area contributed by atoms with Crippen LogP contribution in [-0.2, 0) is 27.1 Å². The van der Waals surface area contributed by atoms with Gasteiger partial charge in [0.25, 0.3) is 0 Å². The van der Waals surface area contributed by atoms with Crippen LogP contribution in [0.1, 0.15) is 54.8 Å². The Hall–Kier alpha value is -2.19. The Kier molecular flexibility index (Phi) is 6.78. The summed E-state index contributed by atoms with van der Waals surface area (Å²) in [5.41, 5.74) is 2.91. The van der Waals surface area contributed by atoms with Gasteiger partial charge >= 0.3 is 0 Å². The van der Waals surface area contributed by atoms with Gasteiger partial charge in [-0.1, -0.05) is 29.4 Å². The topological polar surface area (TPSA) is 101 Å². The minimum atomic E-state index is -3.44. The van der Waals surface area contributed by atoms with Gasteiger partial charge in [-0.2, -0.15) is 0 Å². The monoisotopic (exact) mass is 393 g/mol. The lowest BCUT2D eigenvalue weighted by Gasteiger charge is -2.15. The van der Waals surface area contributed by atoms with Crippen molar-refractivity contribution in [1.29, 1.82) is 0 Å². The van der Waals surface area contributed by atoms with Gasteiger partial charge in [0, 0.05) is 18.2 Å². The van der Waals surface area contributed by atoms with Crippen molar-refractivity contribution >= 4 is 15.9 Å². The number of hydrogen-bond acceptors (Lipinski definition) is 5. The Morgan fingerprint density at radius 2 is 1.78 bits per heavy atom. The molecule has 1 aromatic heterocycles. The Morgan fingerprint density at radius 1 is 1.15 bits per heavy atom. The first kappa shape index (κ1) is 21.1. The lowest BCUT2D eigenvalue weighted by Crippen LogP contribution is -2.32. The molecule has 2 aromatic rings. The molecule has 7 nitrogen and oxygen atoms in total. The molecule has 2 N–H and O–H groups in total. The van der Waals surface area contributed by atoms with E-state index in [0.717, 1.165) is 11.1 Å². The zero-order valence-electron chi connectivity index (χ0n) is 16.4. The van der Waals surface area contributed by atoms with Crippen LogP contribution in [0.25, 0.3) is 0 Å². The fraction of sp³-hybridized carbons (Fsp3) is 0.474. The van der Waals surface area contributed by atoms with Gasteiger partial charge in [0.05, 0.1) is 17.4 Å². The number of aryl methyl sites for hydroxylation is 2. The molecule has 1 amide bonds. The summed E-state index contributed by atoms with van der Waals surface area (Å²) >= 11 is 0. The zero-order chi connectivity index (χ0) is 20.2. The number of amides is 1. The lowest BCUT2D eigenvalue weighted by atomic mass is 9.98. The highest BCUT2D eigenvalue weighted by Crippen LogP contribution is 2.23. The number of carbonyl (C=O) groups is 1. The number of nitrogens with zero attached hydrogens (tertiary/aromatic N) is 1. The summed E-state index contributed by atoms with van der Waals surface area (Å²) in [4.78, 5) is 12.6. The molecule has 0 aliphatic carbocycles. The van der Waals surface area contributed by atoms with Crippen LogP contribution >= 0.6 is 0 Å². The SMILES string of the molecule is Cc1noc(C)c1C(C)C(=O)NCc1ccccc1CS(=O)(=O)NC(C)C. The second kappa shape index (κ2) is 8.67. The van der Waals surface area contributed by atoms with E-state index in [2.05, 4.69) is 15.2 Å². The van der Waals surface area contributed by atoms with Crippen LogP contribution in [0.3, 0.4) is 0 Å². The van der Waals surface area contributed by atoms with Crippen LogP contribution in [0.4, 0.5) is 0 Å². The maximum Gasteiger partial charge on any atom is 0.227 e. The Balaban J connectivity index is 2.09. The van der Waals surface area contributed by atoms with Crippen molar-refractivity contribution in [3.05, 3.63) is 52.4 Å². The quantitative estimate of drug-likeness (QED) is 0.718. The molecule has 0 fully saturated rings. The van der Waals surface area contributed by atoms with E-state index in [4.69, 9.17) is 4.52 Å². The summed E-state index contributed by atoms with van der Waals surface area (Å²) in [5.74, 6) is -0.0741. The van der Waals surface area contributed by atoms with Crippen molar-refractivity contribution in [2.45, 2.75) is 58.9 Å². The van der Waals surface area contributed by atoms with Crippen LogP contribution in [0.2, 0.25) is 0 Å². The van der Waals surface area contributed by atoms with E-state index in [0.29, 0.717) is 17.0 Å². The Morgan fingerprint density at radius 3 is 2.33 bits per heavy atom. The summed E-state index contributed by atoms with van der Waals surface area (Å²) in [5, 5.41) is 6.77. The van der Waals surface area contributed by atoms with E-state index in [1.807, 2.05) is 12.1 Å². The van der Waals surface area contributed by atoms with Crippen molar-refractivity contribution in [2.24, 2.45) is 0 Å². The third-order valence-electron chi connectivity index (χ3n) is 4.25.